The van der Waals surface area contributed by atoms with Gasteiger partial charge in [-0.25, -0.2) is 4.39 Å². The van der Waals surface area contributed by atoms with E-state index < -0.39 is 14.1 Å². The zero-order valence-corrected chi connectivity index (χ0v) is 16.3. The van der Waals surface area contributed by atoms with Gasteiger partial charge in [0.15, 0.2) is 11.6 Å². The van der Waals surface area contributed by atoms with E-state index in [0.29, 0.717) is 34.0 Å². The number of aldehydes is 1. The molecule has 0 spiro atoms. The largest absolute Gasteiger partial charge is 0.494 e. The molecular formula is C18H29FO3Si. The van der Waals surface area contributed by atoms with Crippen molar-refractivity contribution in [2.75, 3.05) is 7.11 Å². The van der Waals surface area contributed by atoms with E-state index in [4.69, 9.17) is 9.16 Å². The van der Waals surface area contributed by atoms with Gasteiger partial charge in [0.25, 0.3) is 0 Å². The van der Waals surface area contributed by atoms with Crippen LogP contribution in [0.2, 0.25) is 16.6 Å². The summed E-state index contributed by atoms with van der Waals surface area (Å²) < 4.78 is 25.9. The average molecular weight is 341 g/mol. The third-order valence-electron chi connectivity index (χ3n) is 4.68. The maximum Gasteiger partial charge on any atom is 0.200 e. The molecular weight excluding hydrogens is 311 g/mol. The minimum absolute atomic E-state index is 0.0825. The first-order valence-electron chi connectivity index (χ1n) is 8.16. The molecule has 0 bridgehead atoms. The van der Waals surface area contributed by atoms with Gasteiger partial charge in [-0.3, -0.25) is 4.79 Å². The van der Waals surface area contributed by atoms with Crippen LogP contribution in [0.5, 0.6) is 5.75 Å². The van der Waals surface area contributed by atoms with Gasteiger partial charge in [0.1, 0.15) is 6.29 Å². The summed E-state index contributed by atoms with van der Waals surface area (Å²) >= 11 is 0. The van der Waals surface area contributed by atoms with Crippen molar-refractivity contribution in [3.63, 3.8) is 0 Å². The van der Waals surface area contributed by atoms with Crippen LogP contribution in [0.3, 0.4) is 0 Å². The molecule has 0 atom stereocenters. The predicted octanol–water partition coefficient (Wildman–Crippen LogP) is 5.34. The van der Waals surface area contributed by atoms with Gasteiger partial charge in [-0.1, -0.05) is 41.5 Å². The first kappa shape index (κ1) is 19.8. The second kappa shape index (κ2) is 8.06. The minimum Gasteiger partial charge on any atom is -0.494 e. The van der Waals surface area contributed by atoms with Crippen LogP contribution in [-0.2, 0) is 11.0 Å². The van der Waals surface area contributed by atoms with Crippen LogP contribution < -0.4 is 4.74 Å². The Balaban J connectivity index is 3.18. The molecule has 0 fully saturated rings. The van der Waals surface area contributed by atoms with Crippen LogP contribution in [0.25, 0.3) is 0 Å². The Bertz CT molecular complexity index is 520. The third-order valence-corrected chi connectivity index (χ3v) is 10.7. The smallest absolute Gasteiger partial charge is 0.200 e. The highest BCUT2D eigenvalue weighted by Crippen LogP contribution is 2.43. The minimum atomic E-state index is -2.08. The maximum atomic E-state index is 14.5. The van der Waals surface area contributed by atoms with Gasteiger partial charge in [-0.05, 0) is 28.8 Å². The molecule has 0 saturated carbocycles. The molecule has 23 heavy (non-hydrogen) atoms. The van der Waals surface area contributed by atoms with E-state index in [1.165, 1.54) is 13.2 Å². The van der Waals surface area contributed by atoms with E-state index in [-0.39, 0.29) is 12.4 Å². The number of benzene rings is 1. The van der Waals surface area contributed by atoms with Crippen LogP contribution in [0, 0.1) is 5.82 Å². The molecule has 0 saturated heterocycles. The standard InChI is InChI=1S/C18H29FO3Si/c1-12(2)23(13(3)4,14(5)6)22-11-16-8-15(10-20)9-17(21-7)18(16)19/h8-10,12-14H,11H2,1-7H3. The van der Waals surface area contributed by atoms with Gasteiger partial charge in [-0.15, -0.1) is 0 Å². The molecule has 1 aromatic rings. The van der Waals surface area contributed by atoms with Crippen molar-refractivity contribution in [2.24, 2.45) is 0 Å². The van der Waals surface area contributed by atoms with E-state index >= 15 is 0 Å². The summed E-state index contributed by atoms with van der Waals surface area (Å²) in [5.41, 5.74) is 2.03. The topological polar surface area (TPSA) is 35.5 Å². The first-order chi connectivity index (χ1) is 10.7. The fourth-order valence-corrected chi connectivity index (χ4v) is 9.11. The predicted molar refractivity (Wildman–Crippen MR) is 94.2 cm³/mol. The van der Waals surface area contributed by atoms with Gasteiger partial charge in [-0.2, -0.15) is 0 Å². The van der Waals surface area contributed by atoms with E-state index in [9.17, 15) is 9.18 Å². The number of halogens is 1. The molecule has 0 N–H and O–H groups in total. The normalized spacial score (nSPS) is 12.3. The van der Waals surface area contributed by atoms with Crippen LogP contribution >= 0.6 is 0 Å². The number of carbonyl (C=O) groups excluding carboxylic acids is 1. The van der Waals surface area contributed by atoms with E-state index in [0.717, 1.165) is 0 Å². The number of ether oxygens (including phenoxy) is 1. The van der Waals surface area contributed by atoms with Gasteiger partial charge in [0.2, 0.25) is 8.32 Å². The van der Waals surface area contributed by atoms with E-state index in [1.54, 1.807) is 6.07 Å². The molecule has 130 valence electrons. The number of methoxy groups -OCH3 is 1. The Labute approximate surface area is 140 Å². The van der Waals surface area contributed by atoms with Crippen LogP contribution in [0.1, 0.15) is 57.5 Å². The molecule has 0 aliphatic heterocycles. The molecule has 0 aliphatic carbocycles. The average Bonchev–Trinajstić information content (AvgIpc) is 2.48. The molecule has 1 rings (SSSR count). The lowest BCUT2D eigenvalue weighted by molar-refractivity contribution is 0.112. The lowest BCUT2D eigenvalue weighted by Crippen LogP contribution is -2.47. The molecule has 3 nitrogen and oxygen atoms in total. The third kappa shape index (κ3) is 4.01. The number of carbonyl (C=O) groups is 1. The summed E-state index contributed by atoms with van der Waals surface area (Å²) in [5.74, 6) is -0.364. The molecule has 0 aromatic heterocycles. The molecule has 0 radical (unpaired) electrons. The fraction of sp³-hybridized carbons (Fsp3) is 0.611. The molecule has 1 aromatic carbocycles. The summed E-state index contributed by atoms with van der Waals surface area (Å²) in [6, 6.07) is 2.95. The number of hydrogen-bond donors (Lipinski definition) is 0. The quantitative estimate of drug-likeness (QED) is 0.473. The highest BCUT2D eigenvalue weighted by Gasteiger charge is 2.45. The summed E-state index contributed by atoms with van der Waals surface area (Å²) in [6.45, 7) is 13.3. The maximum absolute atomic E-state index is 14.5. The summed E-state index contributed by atoms with van der Waals surface area (Å²) in [4.78, 5) is 11.1. The molecule has 0 amide bonds. The van der Waals surface area contributed by atoms with Crippen molar-refractivity contribution in [3.8, 4) is 5.75 Å². The Morgan fingerprint density at radius 3 is 2.00 bits per heavy atom. The number of hydrogen-bond acceptors (Lipinski definition) is 3. The lowest BCUT2D eigenvalue weighted by Gasteiger charge is -2.42. The molecule has 0 unspecified atom stereocenters. The SMILES string of the molecule is COc1cc(C=O)cc(CO[Si](C(C)C)(C(C)C)C(C)C)c1F. The summed E-state index contributed by atoms with van der Waals surface area (Å²) in [5, 5.41) is 0. The van der Waals surface area contributed by atoms with Gasteiger partial charge in [0, 0.05) is 11.1 Å². The van der Waals surface area contributed by atoms with Gasteiger partial charge < -0.3 is 9.16 Å². The van der Waals surface area contributed by atoms with Gasteiger partial charge in [0.05, 0.1) is 13.7 Å². The van der Waals surface area contributed by atoms with Crippen molar-refractivity contribution >= 4 is 14.6 Å². The Kier molecular flexibility index (Phi) is 6.95. The Morgan fingerprint density at radius 2 is 1.61 bits per heavy atom. The van der Waals surface area contributed by atoms with Crippen molar-refractivity contribution in [3.05, 3.63) is 29.1 Å². The molecule has 0 heterocycles. The van der Waals surface area contributed by atoms with Crippen molar-refractivity contribution in [1.29, 1.82) is 0 Å². The highest BCUT2D eigenvalue weighted by molar-refractivity contribution is 6.77. The zero-order valence-electron chi connectivity index (χ0n) is 15.3. The van der Waals surface area contributed by atoms with Crippen molar-refractivity contribution < 1.29 is 18.3 Å². The van der Waals surface area contributed by atoms with Crippen LogP contribution in [0.15, 0.2) is 12.1 Å². The van der Waals surface area contributed by atoms with Gasteiger partial charge >= 0.3 is 0 Å². The summed E-state index contributed by atoms with van der Waals surface area (Å²) in [7, 11) is -0.688. The van der Waals surface area contributed by atoms with Crippen LogP contribution in [-0.4, -0.2) is 21.7 Å². The Hall–Kier alpha value is -1.20. The van der Waals surface area contributed by atoms with Crippen molar-refractivity contribution in [1.82, 2.24) is 0 Å². The lowest BCUT2D eigenvalue weighted by atomic mass is 10.1. The van der Waals surface area contributed by atoms with Crippen LogP contribution in [0.4, 0.5) is 4.39 Å². The second-order valence-electron chi connectivity index (χ2n) is 6.92. The fourth-order valence-electron chi connectivity index (χ4n) is 3.70. The monoisotopic (exact) mass is 340 g/mol. The molecule has 5 heteroatoms. The zero-order chi connectivity index (χ0) is 17.8. The van der Waals surface area contributed by atoms with Crippen molar-refractivity contribution in [2.45, 2.75) is 64.8 Å². The van der Waals surface area contributed by atoms with E-state index in [1.807, 2.05) is 0 Å². The number of rotatable bonds is 8. The van der Waals surface area contributed by atoms with E-state index in [2.05, 4.69) is 41.5 Å². The Morgan fingerprint density at radius 1 is 1.09 bits per heavy atom. The summed E-state index contributed by atoms with van der Waals surface area (Å²) in [6.07, 6.45) is 0.698. The second-order valence-corrected chi connectivity index (χ2v) is 12.4. The highest BCUT2D eigenvalue weighted by atomic mass is 28.4. The molecule has 0 aliphatic rings. The first-order valence-corrected chi connectivity index (χ1v) is 10.3.